The van der Waals surface area contributed by atoms with Crippen molar-refractivity contribution in [2.24, 2.45) is 11.8 Å². The minimum absolute atomic E-state index is 0.242. The lowest BCUT2D eigenvalue weighted by molar-refractivity contribution is -0.147. The van der Waals surface area contributed by atoms with E-state index < -0.39 is 17.8 Å². The number of carboxylic acid groups (broad SMARTS) is 1. The van der Waals surface area contributed by atoms with Crippen LogP contribution in [0.2, 0.25) is 0 Å². The van der Waals surface area contributed by atoms with Crippen molar-refractivity contribution in [1.82, 2.24) is 10.3 Å². The molecule has 3 heterocycles. The number of rotatable bonds is 4. The summed E-state index contributed by atoms with van der Waals surface area (Å²) in [7, 11) is 0. The molecule has 4 atom stereocenters. The summed E-state index contributed by atoms with van der Waals surface area (Å²) in [4.78, 5) is 27.5. The molecule has 3 rings (SSSR count). The fourth-order valence-electron chi connectivity index (χ4n) is 3.13. The number of carbonyl (C=O) groups is 2. The summed E-state index contributed by atoms with van der Waals surface area (Å²) in [6.07, 6.45) is 4.26. The molecular formula is C14H16N2O4. The first-order valence-electron chi connectivity index (χ1n) is 6.71. The topological polar surface area (TPSA) is 88.5 Å². The van der Waals surface area contributed by atoms with Gasteiger partial charge in [-0.15, -0.1) is 0 Å². The monoisotopic (exact) mass is 276 g/mol. The van der Waals surface area contributed by atoms with E-state index in [1.54, 1.807) is 18.5 Å². The Labute approximate surface area is 116 Å². The Morgan fingerprint density at radius 1 is 1.35 bits per heavy atom. The predicted octanol–water partition coefficient (Wildman–Crippen LogP) is 0.576. The molecule has 0 aromatic carbocycles. The van der Waals surface area contributed by atoms with E-state index in [-0.39, 0.29) is 18.1 Å². The number of aliphatic carboxylic acids is 1. The van der Waals surface area contributed by atoms with Gasteiger partial charge >= 0.3 is 5.97 Å². The zero-order chi connectivity index (χ0) is 14.1. The van der Waals surface area contributed by atoms with E-state index in [0.29, 0.717) is 6.54 Å². The number of amides is 1. The van der Waals surface area contributed by atoms with E-state index in [1.165, 1.54) is 0 Å². The highest BCUT2D eigenvalue weighted by Crippen LogP contribution is 2.43. The third-order valence-corrected chi connectivity index (χ3v) is 4.05. The van der Waals surface area contributed by atoms with Gasteiger partial charge in [-0.1, -0.05) is 6.07 Å². The van der Waals surface area contributed by atoms with Gasteiger partial charge in [-0.05, 0) is 24.5 Å². The molecule has 0 spiro atoms. The number of aromatic nitrogens is 1. The molecule has 2 saturated heterocycles. The molecule has 1 aromatic heterocycles. The number of ether oxygens (including phenoxy) is 1. The molecule has 2 N–H and O–H groups in total. The highest BCUT2D eigenvalue weighted by Gasteiger charge is 2.55. The Bertz CT molecular complexity index is 519. The highest BCUT2D eigenvalue weighted by atomic mass is 16.5. The van der Waals surface area contributed by atoms with Crippen LogP contribution in [0.25, 0.3) is 0 Å². The van der Waals surface area contributed by atoms with E-state index in [4.69, 9.17) is 4.74 Å². The van der Waals surface area contributed by atoms with Crippen LogP contribution in [-0.2, 0) is 20.9 Å². The summed E-state index contributed by atoms with van der Waals surface area (Å²) in [5.41, 5.74) is 0.886. The van der Waals surface area contributed by atoms with Crippen LogP contribution >= 0.6 is 0 Å². The number of fused-ring (bicyclic) bond motifs is 2. The molecular weight excluding hydrogens is 260 g/mol. The average Bonchev–Trinajstić information content (AvgIpc) is 3.06. The number of hydrogen-bond acceptors (Lipinski definition) is 4. The van der Waals surface area contributed by atoms with Crippen molar-refractivity contribution in [2.75, 3.05) is 0 Å². The smallest absolute Gasteiger partial charge is 0.310 e. The number of nitrogens with one attached hydrogen (secondary N) is 1. The molecule has 0 aliphatic carbocycles. The quantitative estimate of drug-likeness (QED) is 0.839. The van der Waals surface area contributed by atoms with E-state index in [9.17, 15) is 14.7 Å². The maximum atomic E-state index is 12.2. The Hall–Kier alpha value is -1.95. The second kappa shape index (κ2) is 5.20. The normalized spacial score (nSPS) is 31.2. The summed E-state index contributed by atoms with van der Waals surface area (Å²) in [6, 6.07) is 3.65. The van der Waals surface area contributed by atoms with Crippen LogP contribution in [0.4, 0.5) is 0 Å². The van der Waals surface area contributed by atoms with E-state index in [1.807, 2.05) is 6.07 Å². The zero-order valence-electron chi connectivity index (χ0n) is 10.9. The van der Waals surface area contributed by atoms with Crippen molar-refractivity contribution in [3.63, 3.8) is 0 Å². The van der Waals surface area contributed by atoms with Gasteiger partial charge in [0.25, 0.3) is 0 Å². The third-order valence-electron chi connectivity index (χ3n) is 4.05. The molecule has 106 valence electrons. The first kappa shape index (κ1) is 13.1. The molecule has 2 aliphatic rings. The molecule has 1 amide bonds. The standard InChI is InChI=1S/C14H16N2O4/c17-13(16-7-8-2-1-5-15-6-8)11-9-3-4-10(20-9)12(11)14(18)19/h1-2,5-6,9-12H,3-4,7H2,(H,16,17)(H,18,19)/t9-,10-,11-,12+/m1/s1. The molecule has 2 bridgehead atoms. The molecule has 2 fully saturated rings. The number of pyridine rings is 1. The van der Waals surface area contributed by atoms with Crippen LogP contribution in [-0.4, -0.2) is 34.2 Å². The Morgan fingerprint density at radius 2 is 2.10 bits per heavy atom. The maximum absolute atomic E-state index is 12.2. The van der Waals surface area contributed by atoms with E-state index in [0.717, 1.165) is 18.4 Å². The van der Waals surface area contributed by atoms with Crippen molar-refractivity contribution < 1.29 is 19.4 Å². The fourth-order valence-corrected chi connectivity index (χ4v) is 3.13. The Balaban J connectivity index is 1.66. The lowest BCUT2D eigenvalue weighted by atomic mass is 9.78. The van der Waals surface area contributed by atoms with Crippen LogP contribution in [0.1, 0.15) is 18.4 Å². The maximum Gasteiger partial charge on any atom is 0.310 e. The lowest BCUT2D eigenvalue weighted by Gasteiger charge is -2.23. The summed E-state index contributed by atoms with van der Waals surface area (Å²) >= 11 is 0. The number of nitrogens with zero attached hydrogens (tertiary/aromatic N) is 1. The van der Waals surface area contributed by atoms with E-state index in [2.05, 4.69) is 10.3 Å². The number of carbonyl (C=O) groups excluding carboxylic acids is 1. The van der Waals surface area contributed by atoms with Crippen molar-refractivity contribution in [1.29, 1.82) is 0 Å². The van der Waals surface area contributed by atoms with Gasteiger partial charge < -0.3 is 15.2 Å². The first-order valence-corrected chi connectivity index (χ1v) is 6.71. The predicted molar refractivity (Wildman–Crippen MR) is 68.6 cm³/mol. The fraction of sp³-hybridized carbons (Fsp3) is 0.500. The highest BCUT2D eigenvalue weighted by molar-refractivity contribution is 5.86. The van der Waals surface area contributed by atoms with Crippen molar-refractivity contribution in [2.45, 2.75) is 31.6 Å². The summed E-state index contributed by atoms with van der Waals surface area (Å²) in [6.45, 7) is 0.354. The molecule has 20 heavy (non-hydrogen) atoms. The van der Waals surface area contributed by atoms with Gasteiger partial charge in [0.1, 0.15) is 0 Å². The molecule has 1 aromatic rings. The molecule has 0 unspecified atom stereocenters. The zero-order valence-corrected chi connectivity index (χ0v) is 10.9. The van der Waals surface area contributed by atoms with Crippen molar-refractivity contribution >= 4 is 11.9 Å². The van der Waals surface area contributed by atoms with Crippen LogP contribution in [0.15, 0.2) is 24.5 Å². The van der Waals surface area contributed by atoms with Crippen molar-refractivity contribution in [3.8, 4) is 0 Å². The van der Waals surface area contributed by atoms with Gasteiger partial charge in [0.15, 0.2) is 0 Å². The van der Waals surface area contributed by atoms with Gasteiger partial charge in [0, 0.05) is 18.9 Å². The SMILES string of the molecule is O=C(O)[C@@H]1[C@H](C(=O)NCc2cccnc2)[C@H]2CC[C@H]1O2. The van der Waals surface area contributed by atoms with Crippen LogP contribution in [0.5, 0.6) is 0 Å². The first-order chi connectivity index (χ1) is 9.66. The van der Waals surface area contributed by atoms with Crippen LogP contribution < -0.4 is 5.32 Å². The minimum Gasteiger partial charge on any atom is -0.481 e. The minimum atomic E-state index is -0.946. The van der Waals surface area contributed by atoms with Gasteiger partial charge in [-0.2, -0.15) is 0 Å². The largest absolute Gasteiger partial charge is 0.481 e. The second-order valence-corrected chi connectivity index (χ2v) is 5.26. The summed E-state index contributed by atoms with van der Waals surface area (Å²) in [5.74, 6) is -2.49. The van der Waals surface area contributed by atoms with Crippen molar-refractivity contribution in [3.05, 3.63) is 30.1 Å². The molecule has 6 heteroatoms. The lowest BCUT2D eigenvalue weighted by Crippen LogP contribution is -2.43. The summed E-state index contributed by atoms with van der Waals surface area (Å²) in [5, 5.41) is 12.1. The molecule has 0 radical (unpaired) electrons. The molecule has 0 saturated carbocycles. The Morgan fingerprint density at radius 3 is 2.75 bits per heavy atom. The van der Waals surface area contributed by atoms with Gasteiger partial charge in [-0.25, -0.2) is 0 Å². The Kier molecular flexibility index (Phi) is 3.40. The van der Waals surface area contributed by atoms with Gasteiger partial charge in [0.2, 0.25) is 5.91 Å². The number of hydrogen-bond donors (Lipinski definition) is 2. The van der Waals surface area contributed by atoms with Gasteiger partial charge in [0.05, 0.1) is 24.0 Å². The molecule has 2 aliphatic heterocycles. The van der Waals surface area contributed by atoms with Crippen LogP contribution in [0, 0.1) is 11.8 Å². The number of carboxylic acids is 1. The van der Waals surface area contributed by atoms with Gasteiger partial charge in [-0.3, -0.25) is 14.6 Å². The third kappa shape index (κ3) is 2.27. The second-order valence-electron chi connectivity index (χ2n) is 5.26. The van der Waals surface area contributed by atoms with Crippen LogP contribution in [0.3, 0.4) is 0 Å². The average molecular weight is 276 g/mol. The summed E-state index contributed by atoms with van der Waals surface area (Å²) < 4.78 is 5.58. The molecule has 6 nitrogen and oxygen atoms in total. The van der Waals surface area contributed by atoms with E-state index >= 15 is 0 Å².